The fourth-order valence-corrected chi connectivity index (χ4v) is 2.88. The van der Waals surface area contributed by atoms with Gasteiger partial charge in [-0.15, -0.1) is 0 Å². The quantitative estimate of drug-likeness (QED) is 0.595. The average Bonchev–Trinajstić information content (AvgIpc) is 2.48. The molecule has 0 aromatic heterocycles. The van der Waals surface area contributed by atoms with Crippen LogP contribution in [0.25, 0.3) is 5.57 Å². The molecule has 98 valence electrons. The lowest BCUT2D eigenvalue weighted by Crippen LogP contribution is -1.91. The van der Waals surface area contributed by atoms with Crippen molar-refractivity contribution in [3.05, 3.63) is 77.9 Å². The third kappa shape index (κ3) is 3.57. The molecule has 0 saturated carbocycles. The highest BCUT2D eigenvalue weighted by molar-refractivity contribution is 9.09. The molecule has 2 aromatic carbocycles. The molecule has 0 amide bonds. The van der Waals surface area contributed by atoms with Gasteiger partial charge in [0, 0.05) is 4.83 Å². The summed E-state index contributed by atoms with van der Waals surface area (Å²) in [6.45, 7) is 6.40. The molecule has 0 heterocycles. The van der Waals surface area contributed by atoms with Crippen molar-refractivity contribution in [1.29, 1.82) is 0 Å². The van der Waals surface area contributed by atoms with Gasteiger partial charge in [-0.1, -0.05) is 90.5 Å². The molecule has 0 aliphatic rings. The minimum Gasteiger partial charge on any atom is -0.0906 e. The number of hydrogen-bond donors (Lipinski definition) is 0. The molecule has 0 aliphatic carbocycles. The van der Waals surface area contributed by atoms with Crippen LogP contribution in [0.3, 0.4) is 0 Å². The Morgan fingerprint density at radius 2 is 1.58 bits per heavy atom. The van der Waals surface area contributed by atoms with E-state index < -0.39 is 0 Å². The van der Waals surface area contributed by atoms with Crippen molar-refractivity contribution < 1.29 is 0 Å². The van der Waals surface area contributed by atoms with Gasteiger partial charge in [-0.3, -0.25) is 0 Å². The fourth-order valence-electron chi connectivity index (χ4n) is 2.12. The Bertz CT molecular complexity index is 525. The summed E-state index contributed by atoms with van der Waals surface area (Å²) in [5.74, 6) is 0. The van der Waals surface area contributed by atoms with Crippen LogP contribution in [0.4, 0.5) is 0 Å². The lowest BCUT2D eigenvalue weighted by molar-refractivity contribution is 0.788. The Kier molecular flexibility index (Phi) is 4.98. The Labute approximate surface area is 124 Å². The van der Waals surface area contributed by atoms with Crippen LogP contribution in [0.2, 0.25) is 0 Å². The summed E-state index contributed by atoms with van der Waals surface area (Å²) >= 11 is 3.73. The Balaban J connectivity index is 2.17. The molecule has 0 radical (unpaired) electrons. The number of benzene rings is 2. The van der Waals surface area contributed by atoms with Crippen molar-refractivity contribution in [2.45, 2.75) is 24.6 Å². The second-order valence-electron chi connectivity index (χ2n) is 4.72. The number of halogens is 1. The average molecular weight is 315 g/mol. The molecule has 0 aliphatic heterocycles. The van der Waals surface area contributed by atoms with Gasteiger partial charge in [0.05, 0.1) is 0 Å². The second-order valence-corrected chi connectivity index (χ2v) is 5.83. The monoisotopic (exact) mass is 314 g/mol. The van der Waals surface area contributed by atoms with Gasteiger partial charge in [0.2, 0.25) is 0 Å². The van der Waals surface area contributed by atoms with Gasteiger partial charge in [0.1, 0.15) is 0 Å². The standard InChI is InChI=1S/C18H19Br/c1-3-7-18(19)17-12-10-16(11-13-17)14(2)15-8-5-4-6-9-15/h4-6,8-13,18H,2-3,7H2,1H3. The Morgan fingerprint density at radius 3 is 2.16 bits per heavy atom. The lowest BCUT2D eigenvalue weighted by atomic mass is 9.97. The topological polar surface area (TPSA) is 0 Å². The molecule has 0 saturated heterocycles. The van der Waals surface area contributed by atoms with Crippen molar-refractivity contribution in [3.8, 4) is 0 Å². The predicted octanol–water partition coefficient (Wildman–Crippen LogP) is 5.98. The van der Waals surface area contributed by atoms with E-state index in [-0.39, 0.29) is 0 Å². The number of hydrogen-bond acceptors (Lipinski definition) is 0. The van der Waals surface area contributed by atoms with Crippen LogP contribution in [0, 0.1) is 0 Å². The first-order valence-electron chi connectivity index (χ1n) is 6.71. The summed E-state index contributed by atoms with van der Waals surface area (Å²) in [5.41, 5.74) is 4.78. The van der Waals surface area contributed by atoms with Crippen LogP contribution in [0.15, 0.2) is 61.2 Å². The van der Waals surface area contributed by atoms with Crippen LogP contribution in [-0.2, 0) is 0 Å². The summed E-state index contributed by atoms with van der Waals surface area (Å²) in [4.78, 5) is 0.455. The summed E-state index contributed by atoms with van der Waals surface area (Å²) in [6, 6.07) is 19.0. The van der Waals surface area contributed by atoms with Gasteiger partial charge in [-0.05, 0) is 28.7 Å². The number of rotatable bonds is 5. The van der Waals surface area contributed by atoms with Crippen molar-refractivity contribution in [1.82, 2.24) is 0 Å². The van der Waals surface area contributed by atoms with Crippen LogP contribution in [0.5, 0.6) is 0 Å². The molecule has 0 bridgehead atoms. The van der Waals surface area contributed by atoms with Gasteiger partial charge in [0.15, 0.2) is 0 Å². The molecular weight excluding hydrogens is 296 g/mol. The van der Waals surface area contributed by atoms with E-state index in [2.05, 4.69) is 65.8 Å². The third-order valence-corrected chi connectivity index (χ3v) is 4.27. The lowest BCUT2D eigenvalue weighted by Gasteiger charge is -2.11. The SMILES string of the molecule is C=C(c1ccccc1)c1ccc(C(Br)CCC)cc1. The molecule has 1 atom stereocenters. The summed E-state index contributed by atoms with van der Waals surface area (Å²) < 4.78 is 0. The molecule has 1 unspecified atom stereocenters. The third-order valence-electron chi connectivity index (χ3n) is 3.29. The minimum absolute atomic E-state index is 0.455. The maximum absolute atomic E-state index is 4.19. The summed E-state index contributed by atoms with van der Waals surface area (Å²) in [6.07, 6.45) is 2.35. The van der Waals surface area contributed by atoms with Crippen LogP contribution in [0.1, 0.15) is 41.3 Å². The largest absolute Gasteiger partial charge is 0.0906 e. The zero-order valence-electron chi connectivity index (χ0n) is 11.3. The summed E-state index contributed by atoms with van der Waals surface area (Å²) in [5, 5.41) is 0. The van der Waals surface area contributed by atoms with Crippen LogP contribution < -0.4 is 0 Å². The van der Waals surface area contributed by atoms with E-state index >= 15 is 0 Å². The highest BCUT2D eigenvalue weighted by Crippen LogP contribution is 2.29. The van der Waals surface area contributed by atoms with Crippen molar-refractivity contribution in [2.24, 2.45) is 0 Å². The van der Waals surface area contributed by atoms with Gasteiger partial charge in [-0.25, -0.2) is 0 Å². The van der Waals surface area contributed by atoms with Crippen molar-refractivity contribution in [3.63, 3.8) is 0 Å². The van der Waals surface area contributed by atoms with Crippen LogP contribution in [-0.4, -0.2) is 0 Å². The number of alkyl halides is 1. The van der Waals surface area contributed by atoms with E-state index in [1.54, 1.807) is 0 Å². The van der Waals surface area contributed by atoms with E-state index in [1.807, 2.05) is 18.2 Å². The molecule has 2 aromatic rings. The van der Waals surface area contributed by atoms with Gasteiger partial charge in [0.25, 0.3) is 0 Å². The Morgan fingerprint density at radius 1 is 1.00 bits per heavy atom. The maximum atomic E-state index is 4.19. The minimum atomic E-state index is 0.455. The smallest absolute Gasteiger partial charge is 0.0395 e. The van der Waals surface area contributed by atoms with E-state index in [0.717, 1.165) is 5.57 Å². The molecule has 0 nitrogen and oxygen atoms in total. The van der Waals surface area contributed by atoms with E-state index in [9.17, 15) is 0 Å². The van der Waals surface area contributed by atoms with Crippen molar-refractivity contribution >= 4 is 21.5 Å². The fraction of sp³-hybridized carbons (Fsp3) is 0.222. The molecule has 0 fully saturated rings. The summed E-state index contributed by atoms with van der Waals surface area (Å²) in [7, 11) is 0. The maximum Gasteiger partial charge on any atom is 0.0395 e. The zero-order valence-corrected chi connectivity index (χ0v) is 12.9. The van der Waals surface area contributed by atoms with Crippen LogP contribution >= 0.6 is 15.9 Å². The van der Waals surface area contributed by atoms with Crippen molar-refractivity contribution in [2.75, 3.05) is 0 Å². The first-order chi connectivity index (χ1) is 9.22. The first kappa shape index (κ1) is 14.1. The molecule has 0 N–H and O–H groups in total. The van der Waals surface area contributed by atoms with E-state index in [1.165, 1.54) is 29.5 Å². The molecule has 2 rings (SSSR count). The van der Waals surface area contributed by atoms with E-state index in [4.69, 9.17) is 0 Å². The highest BCUT2D eigenvalue weighted by Gasteiger charge is 2.07. The van der Waals surface area contributed by atoms with Gasteiger partial charge >= 0.3 is 0 Å². The van der Waals surface area contributed by atoms with Gasteiger partial charge in [-0.2, -0.15) is 0 Å². The molecule has 19 heavy (non-hydrogen) atoms. The first-order valence-corrected chi connectivity index (χ1v) is 7.62. The Hall–Kier alpha value is -1.34. The normalized spacial score (nSPS) is 12.1. The highest BCUT2D eigenvalue weighted by atomic mass is 79.9. The second kappa shape index (κ2) is 6.72. The van der Waals surface area contributed by atoms with E-state index in [0.29, 0.717) is 4.83 Å². The predicted molar refractivity (Wildman–Crippen MR) is 87.6 cm³/mol. The zero-order chi connectivity index (χ0) is 13.7. The molecular formula is C18H19Br. The molecule has 0 spiro atoms. The van der Waals surface area contributed by atoms with Gasteiger partial charge < -0.3 is 0 Å². The molecule has 1 heteroatoms.